The van der Waals surface area contributed by atoms with Crippen molar-refractivity contribution in [3.8, 4) is 11.8 Å². The van der Waals surface area contributed by atoms with Gasteiger partial charge in [-0.25, -0.2) is 0 Å². The SMILES string of the molecule is Cc1cccc(Nc2c(C#N)cnc3cc(OC4CCCC4)c(NC(=O)/C=C/CN(C)CCCCCCO)cc23)c1. The Hall–Kier alpha value is -3.93. The van der Waals surface area contributed by atoms with E-state index in [4.69, 9.17) is 9.84 Å². The summed E-state index contributed by atoms with van der Waals surface area (Å²) in [5.74, 6) is 0.347. The van der Waals surface area contributed by atoms with E-state index in [1.807, 2.05) is 56.4 Å². The van der Waals surface area contributed by atoms with Gasteiger partial charge in [0.1, 0.15) is 11.8 Å². The number of anilines is 3. The second-order valence-corrected chi connectivity index (χ2v) is 10.8. The number of carbonyl (C=O) groups is 1. The van der Waals surface area contributed by atoms with Gasteiger partial charge in [0, 0.05) is 42.6 Å². The molecule has 0 unspecified atom stereocenters. The van der Waals surface area contributed by atoms with Crippen LogP contribution < -0.4 is 15.4 Å². The van der Waals surface area contributed by atoms with Gasteiger partial charge in [-0.15, -0.1) is 0 Å². The first-order valence-corrected chi connectivity index (χ1v) is 14.6. The molecule has 0 aliphatic heterocycles. The number of fused-ring (bicyclic) bond motifs is 1. The Bertz CT molecular complexity index is 1390. The number of likely N-dealkylation sites (N-methyl/N-ethyl adjacent to an activating group) is 1. The van der Waals surface area contributed by atoms with Gasteiger partial charge < -0.3 is 25.4 Å². The third-order valence-corrected chi connectivity index (χ3v) is 7.37. The number of aryl methyl sites for hydroxylation is 1. The van der Waals surface area contributed by atoms with Crippen LogP contribution in [0.25, 0.3) is 10.9 Å². The van der Waals surface area contributed by atoms with E-state index < -0.39 is 0 Å². The van der Waals surface area contributed by atoms with Crippen LogP contribution >= 0.6 is 0 Å². The van der Waals surface area contributed by atoms with Crippen molar-refractivity contribution in [2.24, 2.45) is 0 Å². The normalized spacial score (nSPS) is 13.6. The molecule has 1 aliphatic rings. The fourth-order valence-electron chi connectivity index (χ4n) is 5.14. The Balaban J connectivity index is 1.56. The maximum atomic E-state index is 13.0. The number of nitrogens with zero attached hydrogens (tertiary/aromatic N) is 3. The summed E-state index contributed by atoms with van der Waals surface area (Å²) in [4.78, 5) is 19.7. The molecule has 1 heterocycles. The molecular weight excluding hydrogens is 514 g/mol. The third kappa shape index (κ3) is 8.78. The molecule has 8 nitrogen and oxygen atoms in total. The van der Waals surface area contributed by atoms with Gasteiger partial charge in [0.2, 0.25) is 5.91 Å². The highest BCUT2D eigenvalue weighted by Crippen LogP contribution is 2.38. The molecule has 0 saturated heterocycles. The fourth-order valence-corrected chi connectivity index (χ4v) is 5.14. The number of rotatable bonds is 14. The number of aliphatic hydroxyl groups excluding tert-OH is 1. The summed E-state index contributed by atoms with van der Waals surface area (Å²) in [5.41, 5.74) is 4.27. The van der Waals surface area contributed by atoms with Crippen molar-refractivity contribution < 1.29 is 14.6 Å². The van der Waals surface area contributed by atoms with Crippen molar-refractivity contribution in [1.29, 1.82) is 5.26 Å². The number of aliphatic hydroxyl groups is 1. The molecule has 8 heteroatoms. The number of hydrogen-bond acceptors (Lipinski definition) is 7. The molecule has 3 aromatic rings. The highest BCUT2D eigenvalue weighted by Gasteiger charge is 2.21. The van der Waals surface area contributed by atoms with Crippen molar-refractivity contribution in [3.05, 3.63) is 65.9 Å². The summed E-state index contributed by atoms with van der Waals surface area (Å²) in [7, 11) is 2.04. The molecule has 1 aromatic heterocycles. The van der Waals surface area contributed by atoms with Crippen molar-refractivity contribution >= 4 is 33.9 Å². The Labute approximate surface area is 243 Å². The van der Waals surface area contributed by atoms with E-state index in [1.54, 1.807) is 12.3 Å². The molecular formula is C33H41N5O3. The first-order chi connectivity index (χ1) is 20.0. The fraction of sp³-hybridized carbons (Fsp3) is 0.424. The molecule has 3 N–H and O–H groups in total. The number of benzene rings is 2. The number of unbranched alkanes of at least 4 members (excludes halogenated alkanes) is 3. The van der Waals surface area contributed by atoms with Crippen LogP contribution in [0.1, 0.15) is 62.5 Å². The quantitative estimate of drug-likeness (QED) is 0.155. The average molecular weight is 556 g/mol. The highest BCUT2D eigenvalue weighted by atomic mass is 16.5. The third-order valence-electron chi connectivity index (χ3n) is 7.37. The molecule has 0 spiro atoms. The zero-order chi connectivity index (χ0) is 29.0. The number of carbonyl (C=O) groups excluding carboxylic acids is 1. The van der Waals surface area contributed by atoms with Crippen LogP contribution in [0.3, 0.4) is 0 Å². The first-order valence-electron chi connectivity index (χ1n) is 14.6. The lowest BCUT2D eigenvalue weighted by molar-refractivity contribution is -0.111. The number of amides is 1. The van der Waals surface area contributed by atoms with Crippen molar-refractivity contribution in [2.75, 3.05) is 37.4 Å². The molecule has 1 aliphatic carbocycles. The van der Waals surface area contributed by atoms with E-state index in [9.17, 15) is 10.1 Å². The summed E-state index contributed by atoms with van der Waals surface area (Å²) in [5, 5.41) is 25.9. The Morgan fingerprint density at radius 2 is 2.00 bits per heavy atom. The van der Waals surface area contributed by atoms with E-state index in [0.717, 1.165) is 74.5 Å². The average Bonchev–Trinajstić information content (AvgIpc) is 3.47. The molecule has 1 amide bonds. The van der Waals surface area contributed by atoms with E-state index in [0.29, 0.717) is 34.7 Å². The molecule has 0 atom stereocenters. The van der Waals surface area contributed by atoms with Gasteiger partial charge in [0.15, 0.2) is 0 Å². The highest BCUT2D eigenvalue weighted by molar-refractivity contribution is 6.04. The van der Waals surface area contributed by atoms with Crippen molar-refractivity contribution in [1.82, 2.24) is 9.88 Å². The molecule has 2 aromatic carbocycles. The Morgan fingerprint density at radius 1 is 1.20 bits per heavy atom. The number of nitrogens with one attached hydrogen (secondary N) is 2. The molecule has 0 bridgehead atoms. The van der Waals surface area contributed by atoms with E-state index >= 15 is 0 Å². The van der Waals surface area contributed by atoms with Crippen LogP contribution in [0.4, 0.5) is 17.1 Å². The lowest BCUT2D eigenvalue weighted by atomic mass is 10.1. The van der Waals surface area contributed by atoms with E-state index in [-0.39, 0.29) is 18.6 Å². The topological polar surface area (TPSA) is 111 Å². The van der Waals surface area contributed by atoms with Crippen LogP contribution in [-0.4, -0.2) is 53.7 Å². The summed E-state index contributed by atoms with van der Waals surface area (Å²) in [6, 6.07) is 13.9. The second kappa shape index (κ2) is 15.2. The molecule has 216 valence electrons. The number of hydrogen-bond donors (Lipinski definition) is 3. The predicted octanol–water partition coefficient (Wildman–Crippen LogP) is 6.46. The zero-order valence-electron chi connectivity index (χ0n) is 24.2. The van der Waals surface area contributed by atoms with Gasteiger partial charge in [-0.1, -0.05) is 31.1 Å². The minimum absolute atomic E-state index is 0.105. The van der Waals surface area contributed by atoms with Crippen LogP contribution in [0.15, 0.2) is 54.7 Å². The minimum Gasteiger partial charge on any atom is -0.488 e. The second-order valence-electron chi connectivity index (χ2n) is 10.8. The molecule has 0 radical (unpaired) electrons. The maximum Gasteiger partial charge on any atom is 0.248 e. The van der Waals surface area contributed by atoms with Crippen LogP contribution in [-0.2, 0) is 4.79 Å². The maximum absolute atomic E-state index is 13.0. The van der Waals surface area contributed by atoms with Gasteiger partial charge in [0.25, 0.3) is 0 Å². The van der Waals surface area contributed by atoms with Crippen LogP contribution in [0.2, 0.25) is 0 Å². The smallest absolute Gasteiger partial charge is 0.248 e. The predicted molar refractivity (Wildman–Crippen MR) is 165 cm³/mol. The van der Waals surface area contributed by atoms with Gasteiger partial charge in [-0.05, 0) is 82.8 Å². The zero-order valence-corrected chi connectivity index (χ0v) is 24.2. The lowest BCUT2D eigenvalue weighted by Crippen LogP contribution is -2.20. The monoisotopic (exact) mass is 555 g/mol. The van der Waals surface area contributed by atoms with Gasteiger partial charge >= 0.3 is 0 Å². The van der Waals surface area contributed by atoms with E-state index in [1.165, 1.54) is 0 Å². The van der Waals surface area contributed by atoms with E-state index in [2.05, 4.69) is 26.6 Å². The van der Waals surface area contributed by atoms with Crippen LogP contribution in [0, 0.1) is 18.3 Å². The Morgan fingerprint density at radius 3 is 2.76 bits per heavy atom. The molecule has 4 rings (SSSR count). The van der Waals surface area contributed by atoms with Gasteiger partial charge in [-0.3, -0.25) is 9.78 Å². The summed E-state index contributed by atoms with van der Waals surface area (Å²) in [6.45, 7) is 3.87. The molecule has 1 fully saturated rings. The standard InChI is InChI=1S/C33H41N5O3/c1-24-11-9-12-26(19-24)36-33-25(22-34)23-35-29-21-31(41-27-13-5-6-14-27)30(20-28(29)33)37-32(40)15-10-17-38(2)16-7-3-4-8-18-39/h9-12,15,19-21,23,27,39H,3-8,13-14,16-18H2,1-2H3,(H,35,36)(H,37,40)/b15-10+. The lowest BCUT2D eigenvalue weighted by Gasteiger charge is -2.19. The summed E-state index contributed by atoms with van der Waals surface area (Å²) in [6.07, 6.45) is 13.4. The first kappa shape index (κ1) is 30.0. The number of aromatic nitrogens is 1. The van der Waals surface area contributed by atoms with Crippen LogP contribution in [0.5, 0.6) is 5.75 Å². The molecule has 41 heavy (non-hydrogen) atoms. The van der Waals surface area contributed by atoms with Gasteiger partial charge in [0.05, 0.1) is 28.6 Å². The number of nitriles is 1. The number of ether oxygens (including phenoxy) is 1. The largest absolute Gasteiger partial charge is 0.488 e. The Kier molecular flexibility index (Phi) is 11.1. The van der Waals surface area contributed by atoms with Crippen molar-refractivity contribution in [2.45, 2.75) is 64.4 Å². The van der Waals surface area contributed by atoms with Crippen molar-refractivity contribution in [3.63, 3.8) is 0 Å². The van der Waals surface area contributed by atoms with Gasteiger partial charge in [-0.2, -0.15) is 5.26 Å². The summed E-state index contributed by atoms with van der Waals surface area (Å²) < 4.78 is 6.37. The summed E-state index contributed by atoms with van der Waals surface area (Å²) >= 11 is 0. The molecule has 1 saturated carbocycles. The number of pyridine rings is 1. The minimum atomic E-state index is -0.241.